The molecule has 68 valence electrons. The zero-order valence-electron chi connectivity index (χ0n) is 7.28. The van der Waals surface area contributed by atoms with E-state index in [2.05, 4.69) is 10.3 Å². The van der Waals surface area contributed by atoms with E-state index < -0.39 is 0 Å². The van der Waals surface area contributed by atoms with Gasteiger partial charge in [0, 0.05) is 18.3 Å². The molecule has 0 radical (unpaired) electrons. The molecule has 0 saturated carbocycles. The molecule has 0 bridgehead atoms. The summed E-state index contributed by atoms with van der Waals surface area (Å²) in [5.41, 5.74) is 0.792. The Morgan fingerprint density at radius 2 is 2.38 bits per heavy atom. The molecule has 0 unspecified atom stereocenters. The maximum Gasteiger partial charge on any atom is 0.269 e. The maximum atomic E-state index is 11.2. The van der Waals surface area contributed by atoms with Gasteiger partial charge in [-0.2, -0.15) is 0 Å². The SMILES string of the molecule is CCNC(=O)c1ccc(C=O)cn1. The number of hydrogen-bond donors (Lipinski definition) is 1. The monoisotopic (exact) mass is 178 g/mol. The lowest BCUT2D eigenvalue weighted by Crippen LogP contribution is -2.23. The molecule has 1 amide bonds. The summed E-state index contributed by atoms with van der Waals surface area (Å²) in [5.74, 6) is -0.222. The van der Waals surface area contributed by atoms with Crippen molar-refractivity contribution >= 4 is 12.2 Å². The summed E-state index contributed by atoms with van der Waals surface area (Å²) in [7, 11) is 0. The van der Waals surface area contributed by atoms with E-state index in [9.17, 15) is 9.59 Å². The number of hydrogen-bond acceptors (Lipinski definition) is 3. The third kappa shape index (κ3) is 2.37. The second-order valence-electron chi connectivity index (χ2n) is 2.45. The van der Waals surface area contributed by atoms with Gasteiger partial charge in [-0.05, 0) is 19.1 Å². The second-order valence-corrected chi connectivity index (χ2v) is 2.45. The Bertz CT molecular complexity index is 306. The topological polar surface area (TPSA) is 59.1 Å². The molecule has 1 aromatic heterocycles. The maximum absolute atomic E-state index is 11.2. The van der Waals surface area contributed by atoms with Crippen LogP contribution in [-0.4, -0.2) is 23.7 Å². The fraction of sp³-hybridized carbons (Fsp3) is 0.222. The fourth-order valence-electron chi connectivity index (χ4n) is 0.860. The first-order chi connectivity index (χ1) is 6.27. The Hall–Kier alpha value is -1.71. The molecule has 1 rings (SSSR count). The average Bonchev–Trinajstić information content (AvgIpc) is 2.18. The smallest absolute Gasteiger partial charge is 0.269 e. The summed E-state index contributed by atoms with van der Waals surface area (Å²) in [5, 5.41) is 2.61. The van der Waals surface area contributed by atoms with E-state index in [1.165, 1.54) is 12.3 Å². The molecule has 1 N–H and O–H groups in total. The van der Waals surface area contributed by atoms with Crippen molar-refractivity contribution < 1.29 is 9.59 Å². The summed E-state index contributed by atoms with van der Waals surface area (Å²) in [4.78, 5) is 25.3. The van der Waals surface area contributed by atoms with E-state index in [-0.39, 0.29) is 5.91 Å². The number of aromatic nitrogens is 1. The van der Waals surface area contributed by atoms with Crippen molar-refractivity contribution in [1.82, 2.24) is 10.3 Å². The molecule has 1 aromatic rings. The molecule has 0 aromatic carbocycles. The van der Waals surface area contributed by atoms with Gasteiger partial charge >= 0.3 is 0 Å². The standard InChI is InChI=1S/C9H10N2O2/c1-2-10-9(13)8-4-3-7(6-12)5-11-8/h3-6H,2H2,1H3,(H,10,13). The van der Waals surface area contributed by atoms with Gasteiger partial charge in [0.15, 0.2) is 6.29 Å². The normalized spacial score (nSPS) is 9.31. The van der Waals surface area contributed by atoms with Crippen LogP contribution < -0.4 is 5.32 Å². The Kier molecular flexibility index (Phi) is 3.14. The van der Waals surface area contributed by atoms with E-state index in [1.807, 2.05) is 6.92 Å². The lowest BCUT2D eigenvalue weighted by molar-refractivity contribution is 0.0950. The molecular formula is C9H10N2O2. The van der Waals surface area contributed by atoms with Crippen molar-refractivity contribution in [3.63, 3.8) is 0 Å². The summed E-state index contributed by atoms with van der Waals surface area (Å²) < 4.78 is 0. The van der Waals surface area contributed by atoms with Crippen LogP contribution in [0.15, 0.2) is 18.3 Å². The number of carbonyl (C=O) groups excluding carboxylic acids is 2. The first-order valence-electron chi connectivity index (χ1n) is 3.97. The van der Waals surface area contributed by atoms with Crippen molar-refractivity contribution in [1.29, 1.82) is 0 Å². The van der Waals surface area contributed by atoms with Gasteiger partial charge in [0.25, 0.3) is 5.91 Å². The molecule has 0 saturated heterocycles. The van der Waals surface area contributed by atoms with Crippen LogP contribution in [-0.2, 0) is 0 Å². The molecule has 0 atom stereocenters. The molecule has 0 aliphatic rings. The number of carbonyl (C=O) groups is 2. The molecule has 13 heavy (non-hydrogen) atoms. The van der Waals surface area contributed by atoms with E-state index in [0.29, 0.717) is 24.1 Å². The molecule has 4 heteroatoms. The summed E-state index contributed by atoms with van der Waals surface area (Å²) in [6.07, 6.45) is 2.06. The Balaban J connectivity index is 2.79. The second kappa shape index (κ2) is 4.35. The minimum atomic E-state index is -0.222. The van der Waals surface area contributed by atoms with Gasteiger partial charge in [0.05, 0.1) is 0 Å². The zero-order chi connectivity index (χ0) is 9.68. The van der Waals surface area contributed by atoms with Crippen LogP contribution in [0.5, 0.6) is 0 Å². The number of pyridine rings is 1. The van der Waals surface area contributed by atoms with Crippen LogP contribution in [0.3, 0.4) is 0 Å². The molecule has 0 spiro atoms. The highest BCUT2D eigenvalue weighted by atomic mass is 16.1. The Morgan fingerprint density at radius 3 is 2.85 bits per heavy atom. The molecule has 0 fully saturated rings. The van der Waals surface area contributed by atoms with Crippen molar-refractivity contribution in [2.24, 2.45) is 0 Å². The van der Waals surface area contributed by atoms with Crippen LogP contribution in [0.2, 0.25) is 0 Å². The number of aldehydes is 1. The summed E-state index contributed by atoms with van der Waals surface area (Å²) >= 11 is 0. The Morgan fingerprint density at radius 1 is 1.62 bits per heavy atom. The highest BCUT2D eigenvalue weighted by Gasteiger charge is 2.04. The van der Waals surface area contributed by atoms with Gasteiger partial charge in [-0.1, -0.05) is 0 Å². The lowest BCUT2D eigenvalue weighted by atomic mass is 10.2. The third-order valence-corrected chi connectivity index (χ3v) is 1.49. The van der Waals surface area contributed by atoms with Gasteiger partial charge in [-0.25, -0.2) is 0 Å². The van der Waals surface area contributed by atoms with Gasteiger partial charge < -0.3 is 5.32 Å². The van der Waals surface area contributed by atoms with E-state index in [1.54, 1.807) is 6.07 Å². The fourth-order valence-corrected chi connectivity index (χ4v) is 0.860. The summed E-state index contributed by atoms with van der Waals surface area (Å²) in [6, 6.07) is 3.08. The predicted octanol–water partition coefficient (Wildman–Crippen LogP) is 0.644. The minimum Gasteiger partial charge on any atom is -0.351 e. The van der Waals surface area contributed by atoms with Gasteiger partial charge in [0.2, 0.25) is 0 Å². The van der Waals surface area contributed by atoms with Crippen molar-refractivity contribution in [3.8, 4) is 0 Å². The largest absolute Gasteiger partial charge is 0.351 e. The first-order valence-corrected chi connectivity index (χ1v) is 3.97. The molecular weight excluding hydrogens is 168 g/mol. The third-order valence-electron chi connectivity index (χ3n) is 1.49. The van der Waals surface area contributed by atoms with Crippen LogP contribution in [0.1, 0.15) is 27.8 Å². The van der Waals surface area contributed by atoms with Crippen LogP contribution >= 0.6 is 0 Å². The number of amides is 1. The van der Waals surface area contributed by atoms with Crippen molar-refractivity contribution in [2.45, 2.75) is 6.92 Å². The number of nitrogens with zero attached hydrogens (tertiary/aromatic N) is 1. The quantitative estimate of drug-likeness (QED) is 0.691. The summed E-state index contributed by atoms with van der Waals surface area (Å²) in [6.45, 7) is 2.40. The predicted molar refractivity (Wildman–Crippen MR) is 47.6 cm³/mol. The van der Waals surface area contributed by atoms with Crippen molar-refractivity contribution in [3.05, 3.63) is 29.6 Å². The Labute approximate surface area is 76.0 Å². The van der Waals surface area contributed by atoms with Crippen molar-refractivity contribution in [2.75, 3.05) is 6.54 Å². The lowest BCUT2D eigenvalue weighted by Gasteiger charge is -1.99. The molecule has 0 aliphatic carbocycles. The van der Waals surface area contributed by atoms with Crippen LogP contribution in [0.25, 0.3) is 0 Å². The molecule has 0 aliphatic heterocycles. The van der Waals surface area contributed by atoms with Crippen LogP contribution in [0, 0.1) is 0 Å². The molecule has 4 nitrogen and oxygen atoms in total. The highest BCUT2D eigenvalue weighted by Crippen LogP contribution is 1.97. The highest BCUT2D eigenvalue weighted by molar-refractivity contribution is 5.92. The van der Waals surface area contributed by atoms with E-state index in [4.69, 9.17) is 0 Å². The molecule has 1 heterocycles. The van der Waals surface area contributed by atoms with Gasteiger partial charge in [-0.3, -0.25) is 14.6 Å². The average molecular weight is 178 g/mol. The van der Waals surface area contributed by atoms with Crippen LogP contribution in [0.4, 0.5) is 0 Å². The first kappa shape index (κ1) is 9.38. The number of rotatable bonds is 3. The van der Waals surface area contributed by atoms with E-state index in [0.717, 1.165) is 0 Å². The van der Waals surface area contributed by atoms with Gasteiger partial charge in [0.1, 0.15) is 5.69 Å². The minimum absolute atomic E-state index is 0.222. The van der Waals surface area contributed by atoms with E-state index >= 15 is 0 Å². The number of nitrogens with one attached hydrogen (secondary N) is 1. The zero-order valence-corrected chi connectivity index (χ0v) is 7.28. The van der Waals surface area contributed by atoms with Gasteiger partial charge in [-0.15, -0.1) is 0 Å².